The SMILES string of the molecule is CSCC[C@H](N)C(=O)NC1CC(C)CCC1C(C)C. The van der Waals surface area contributed by atoms with Crippen LogP contribution in [0.2, 0.25) is 0 Å². The van der Waals surface area contributed by atoms with Crippen LogP contribution in [0.3, 0.4) is 0 Å². The van der Waals surface area contributed by atoms with Gasteiger partial charge in [-0.25, -0.2) is 0 Å². The summed E-state index contributed by atoms with van der Waals surface area (Å²) < 4.78 is 0. The Morgan fingerprint density at radius 2 is 2.11 bits per heavy atom. The molecule has 112 valence electrons. The zero-order chi connectivity index (χ0) is 14.4. The molecule has 19 heavy (non-hydrogen) atoms. The fraction of sp³-hybridized carbons (Fsp3) is 0.933. The standard InChI is InChI=1S/C15H30N2OS/c1-10(2)12-6-5-11(3)9-14(12)17-15(18)13(16)7-8-19-4/h10-14H,5-9,16H2,1-4H3,(H,17,18)/t11?,12?,13-,14?/m0/s1. The average Bonchev–Trinajstić information content (AvgIpc) is 2.35. The number of rotatable bonds is 6. The van der Waals surface area contributed by atoms with E-state index < -0.39 is 0 Å². The van der Waals surface area contributed by atoms with Gasteiger partial charge in [-0.3, -0.25) is 4.79 Å². The van der Waals surface area contributed by atoms with Crippen LogP contribution in [0, 0.1) is 17.8 Å². The van der Waals surface area contributed by atoms with Crippen LogP contribution in [0.1, 0.15) is 46.5 Å². The third-order valence-electron chi connectivity index (χ3n) is 4.32. The normalized spacial score (nSPS) is 29.3. The second-order valence-electron chi connectivity index (χ2n) is 6.33. The molecule has 0 heterocycles. The lowest BCUT2D eigenvalue weighted by Crippen LogP contribution is -2.51. The molecular weight excluding hydrogens is 256 g/mol. The second kappa shape index (κ2) is 8.15. The van der Waals surface area contributed by atoms with Crippen molar-refractivity contribution in [2.75, 3.05) is 12.0 Å². The number of carbonyl (C=O) groups excluding carboxylic acids is 1. The first kappa shape index (κ1) is 16.8. The lowest BCUT2D eigenvalue weighted by molar-refractivity contribution is -0.124. The molecule has 0 bridgehead atoms. The summed E-state index contributed by atoms with van der Waals surface area (Å²) in [7, 11) is 0. The van der Waals surface area contributed by atoms with Crippen molar-refractivity contribution in [1.29, 1.82) is 0 Å². The summed E-state index contributed by atoms with van der Waals surface area (Å²) in [6, 6.07) is -0.0333. The molecule has 1 amide bonds. The highest BCUT2D eigenvalue weighted by atomic mass is 32.2. The molecule has 1 aliphatic carbocycles. The number of thioether (sulfide) groups is 1. The largest absolute Gasteiger partial charge is 0.352 e. The van der Waals surface area contributed by atoms with E-state index in [9.17, 15) is 4.79 Å². The molecule has 4 heteroatoms. The topological polar surface area (TPSA) is 55.1 Å². The van der Waals surface area contributed by atoms with E-state index in [2.05, 4.69) is 26.1 Å². The minimum atomic E-state index is -0.350. The Balaban J connectivity index is 2.53. The summed E-state index contributed by atoms with van der Waals surface area (Å²) in [5, 5.41) is 3.22. The highest BCUT2D eigenvalue weighted by Gasteiger charge is 2.32. The number of nitrogens with one attached hydrogen (secondary N) is 1. The molecule has 3 unspecified atom stereocenters. The van der Waals surface area contributed by atoms with Gasteiger partial charge < -0.3 is 11.1 Å². The Kier molecular flexibility index (Phi) is 7.22. The second-order valence-corrected chi connectivity index (χ2v) is 7.31. The monoisotopic (exact) mass is 286 g/mol. The first-order valence-corrected chi connectivity index (χ1v) is 8.90. The molecule has 0 aromatic rings. The van der Waals surface area contributed by atoms with Crippen LogP contribution in [0.15, 0.2) is 0 Å². The maximum Gasteiger partial charge on any atom is 0.237 e. The van der Waals surface area contributed by atoms with Gasteiger partial charge in [0.05, 0.1) is 6.04 Å². The van der Waals surface area contributed by atoms with E-state index in [1.54, 1.807) is 11.8 Å². The highest BCUT2D eigenvalue weighted by molar-refractivity contribution is 7.98. The van der Waals surface area contributed by atoms with E-state index in [4.69, 9.17) is 5.73 Å². The maximum absolute atomic E-state index is 12.1. The molecule has 0 aromatic carbocycles. The van der Waals surface area contributed by atoms with Crippen molar-refractivity contribution < 1.29 is 4.79 Å². The van der Waals surface area contributed by atoms with E-state index in [0.29, 0.717) is 23.8 Å². The van der Waals surface area contributed by atoms with Crippen LogP contribution < -0.4 is 11.1 Å². The van der Waals surface area contributed by atoms with E-state index in [1.165, 1.54) is 12.8 Å². The maximum atomic E-state index is 12.1. The fourth-order valence-electron chi connectivity index (χ4n) is 3.03. The molecule has 1 rings (SSSR count). The minimum absolute atomic E-state index is 0.0406. The molecule has 0 spiro atoms. The van der Waals surface area contributed by atoms with Gasteiger partial charge in [-0.2, -0.15) is 11.8 Å². The van der Waals surface area contributed by atoms with Crippen molar-refractivity contribution in [3.8, 4) is 0 Å². The Hall–Kier alpha value is -0.220. The van der Waals surface area contributed by atoms with E-state index in [1.807, 2.05) is 6.26 Å². The molecule has 3 nitrogen and oxygen atoms in total. The highest BCUT2D eigenvalue weighted by Crippen LogP contribution is 2.33. The Morgan fingerprint density at radius 1 is 1.42 bits per heavy atom. The Bertz CT molecular complexity index is 283. The molecule has 0 saturated heterocycles. The van der Waals surface area contributed by atoms with Crippen LogP contribution in [0.5, 0.6) is 0 Å². The fourth-order valence-corrected chi connectivity index (χ4v) is 3.52. The predicted octanol–water partition coefficient (Wildman–Crippen LogP) is 2.64. The molecule has 1 fully saturated rings. The molecule has 4 atom stereocenters. The van der Waals surface area contributed by atoms with Crippen molar-refractivity contribution in [2.24, 2.45) is 23.5 Å². The zero-order valence-electron chi connectivity index (χ0n) is 12.8. The molecular formula is C15H30N2OS. The van der Waals surface area contributed by atoms with Gasteiger partial charge in [0.1, 0.15) is 0 Å². The van der Waals surface area contributed by atoms with Crippen LogP contribution in [-0.2, 0) is 4.79 Å². The van der Waals surface area contributed by atoms with Gasteiger partial charge in [0.25, 0.3) is 0 Å². The van der Waals surface area contributed by atoms with E-state index in [-0.39, 0.29) is 11.9 Å². The Morgan fingerprint density at radius 3 is 2.68 bits per heavy atom. The van der Waals surface area contributed by atoms with E-state index >= 15 is 0 Å². The molecule has 1 aliphatic rings. The zero-order valence-corrected chi connectivity index (χ0v) is 13.6. The summed E-state index contributed by atoms with van der Waals surface area (Å²) in [4.78, 5) is 12.1. The third-order valence-corrected chi connectivity index (χ3v) is 4.96. The van der Waals surface area contributed by atoms with Gasteiger partial charge in [0.15, 0.2) is 0 Å². The van der Waals surface area contributed by atoms with Gasteiger partial charge in [-0.15, -0.1) is 0 Å². The first-order chi connectivity index (χ1) is 8.95. The van der Waals surface area contributed by atoms with E-state index in [0.717, 1.165) is 18.6 Å². The van der Waals surface area contributed by atoms with Crippen LogP contribution in [-0.4, -0.2) is 30.0 Å². The van der Waals surface area contributed by atoms with Crippen molar-refractivity contribution >= 4 is 17.7 Å². The lowest BCUT2D eigenvalue weighted by Gasteiger charge is -2.38. The van der Waals surface area contributed by atoms with Crippen molar-refractivity contribution in [3.05, 3.63) is 0 Å². The number of hydrogen-bond acceptors (Lipinski definition) is 3. The first-order valence-electron chi connectivity index (χ1n) is 7.50. The van der Waals surface area contributed by atoms with Gasteiger partial charge in [-0.05, 0) is 49.0 Å². The number of nitrogens with two attached hydrogens (primary N) is 1. The smallest absolute Gasteiger partial charge is 0.237 e. The number of amides is 1. The molecule has 0 radical (unpaired) electrons. The molecule has 1 saturated carbocycles. The predicted molar refractivity (Wildman–Crippen MR) is 84.2 cm³/mol. The average molecular weight is 286 g/mol. The summed E-state index contributed by atoms with van der Waals surface area (Å²) in [5.41, 5.74) is 5.95. The Labute approximate surface area is 122 Å². The third kappa shape index (κ3) is 5.35. The molecule has 0 aliphatic heterocycles. The van der Waals surface area contributed by atoms with Crippen LogP contribution in [0.4, 0.5) is 0 Å². The van der Waals surface area contributed by atoms with Gasteiger partial charge in [-0.1, -0.05) is 27.2 Å². The minimum Gasteiger partial charge on any atom is -0.352 e. The lowest BCUT2D eigenvalue weighted by atomic mass is 9.74. The molecule has 0 aromatic heterocycles. The summed E-state index contributed by atoms with van der Waals surface area (Å²) in [6.45, 7) is 6.80. The summed E-state index contributed by atoms with van der Waals surface area (Å²) in [5.74, 6) is 2.93. The van der Waals surface area contributed by atoms with Gasteiger partial charge in [0, 0.05) is 6.04 Å². The van der Waals surface area contributed by atoms with Crippen LogP contribution >= 0.6 is 11.8 Å². The summed E-state index contributed by atoms with van der Waals surface area (Å²) in [6.07, 6.45) is 6.42. The quantitative estimate of drug-likeness (QED) is 0.789. The van der Waals surface area contributed by atoms with Crippen molar-refractivity contribution in [2.45, 2.75) is 58.5 Å². The van der Waals surface area contributed by atoms with Gasteiger partial charge >= 0.3 is 0 Å². The van der Waals surface area contributed by atoms with Gasteiger partial charge in [0.2, 0.25) is 5.91 Å². The molecule has 3 N–H and O–H groups in total. The van der Waals surface area contributed by atoms with Crippen molar-refractivity contribution in [3.63, 3.8) is 0 Å². The number of hydrogen-bond donors (Lipinski definition) is 2. The summed E-state index contributed by atoms with van der Waals surface area (Å²) >= 11 is 1.74. The van der Waals surface area contributed by atoms with Crippen LogP contribution in [0.25, 0.3) is 0 Å². The number of carbonyl (C=O) groups is 1. The van der Waals surface area contributed by atoms with Crippen molar-refractivity contribution in [1.82, 2.24) is 5.32 Å².